The minimum absolute atomic E-state index is 0.255. The summed E-state index contributed by atoms with van der Waals surface area (Å²) in [4.78, 5) is 18.3. The molecule has 2 aliphatic rings. The minimum Gasteiger partial charge on any atom is -0.357 e. The lowest BCUT2D eigenvalue weighted by Crippen LogP contribution is -2.45. The van der Waals surface area contributed by atoms with Crippen molar-refractivity contribution in [3.63, 3.8) is 0 Å². The molecule has 0 aromatic carbocycles. The zero-order chi connectivity index (χ0) is 14.4. The molecule has 0 aromatic heterocycles. The van der Waals surface area contributed by atoms with E-state index in [-0.39, 0.29) is 5.91 Å². The molecule has 5 nitrogen and oxygen atoms in total. The van der Waals surface area contributed by atoms with Crippen molar-refractivity contribution in [2.45, 2.75) is 52.0 Å². The van der Waals surface area contributed by atoms with E-state index in [1.165, 1.54) is 19.3 Å². The lowest BCUT2D eigenvalue weighted by atomic mass is 9.86. The second-order valence-electron chi connectivity index (χ2n) is 5.84. The van der Waals surface area contributed by atoms with Gasteiger partial charge in [0.25, 0.3) is 0 Å². The molecule has 0 bridgehead atoms. The van der Waals surface area contributed by atoms with E-state index in [0.717, 1.165) is 44.5 Å². The van der Waals surface area contributed by atoms with Crippen LogP contribution >= 0.6 is 0 Å². The number of likely N-dealkylation sites (tertiary alicyclic amines) is 1. The third kappa shape index (κ3) is 4.12. The molecule has 5 heteroatoms. The molecule has 0 spiro atoms. The van der Waals surface area contributed by atoms with Crippen LogP contribution in [0.25, 0.3) is 0 Å². The Hall–Kier alpha value is -1.26. The van der Waals surface area contributed by atoms with Gasteiger partial charge >= 0.3 is 0 Å². The van der Waals surface area contributed by atoms with E-state index in [2.05, 4.69) is 22.5 Å². The smallest absolute Gasteiger partial charge is 0.222 e. The van der Waals surface area contributed by atoms with Crippen LogP contribution in [0, 0.1) is 5.92 Å². The highest BCUT2D eigenvalue weighted by Crippen LogP contribution is 2.26. The Morgan fingerprint density at radius 3 is 2.70 bits per heavy atom. The minimum atomic E-state index is 0.255. The quantitative estimate of drug-likeness (QED) is 0.590. The summed E-state index contributed by atoms with van der Waals surface area (Å²) in [5, 5.41) is 6.78. The largest absolute Gasteiger partial charge is 0.357 e. The van der Waals surface area contributed by atoms with E-state index >= 15 is 0 Å². The highest BCUT2D eigenvalue weighted by Gasteiger charge is 2.26. The first-order valence-corrected chi connectivity index (χ1v) is 8.05. The van der Waals surface area contributed by atoms with Crippen molar-refractivity contribution in [2.24, 2.45) is 10.9 Å². The summed E-state index contributed by atoms with van der Waals surface area (Å²) in [5.41, 5.74) is 0. The molecule has 2 fully saturated rings. The first kappa shape index (κ1) is 15.1. The summed E-state index contributed by atoms with van der Waals surface area (Å²) in [6.45, 7) is 7.49. The zero-order valence-corrected chi connectivity index (χ0v) is 12.8. The number of guanidine groups is 1. The van der Waals surface area contributed by atoms with Gasteiger partial charge in [0, 0.05) is 38.6 Å². The van der Waals surface area contributed by atoms with Crippen LogP contribution in [0.3, 0.4) is 0 Å². The van der Waals surface area contributed by atoms with Gasteiger partial charge in [-0.2, -0.15) is 0 Å². The van der Waals surface area contributed by atoms with E-state index in [9.17, 15) is 4.79 Å². The molecule has 1 saturated carbocycles. The Kier molecular flexibility index (Phi) is 5.68. The normalized spacial score (nSPS) is 23.6. The summed E-state index contributed by atoms with van der Waals surface area (Å²) < 4.78 is 0. The average Bonchev–Trinajstić information content (AvgIpc) is 2.84. The number of hydrogen-bond donors (Lipinski definition) is 2. The van der Waals surface area contributed by atoms with Crippen molar-refractivity contribution in [3.05, 3.63) is 0 Å². The van der Waals surface area contributed by atoms with Gasteiger partial charge in [0.2, 0.25) is 5.91 Å². The van der Waals surface area contributed by atoms with Crippen LogP contribution in [0.15, 0.2) is 4.99 Å². The van der Waals surface area contributed by atoms with E-state index in [4.69, 9.17) is 0 Å². The second-order valence-corrected chi connectivity index (χ2v) is 5.84. The van der Waals surface area contributed by atoms with Gasteiger partial charge < -0.3 is 15.5 Å². The molecule has 1 saturated heterocycles. The summed E-state index contributed by atoms with van der Waals surface area (Å²) in [6, 6.07) is 0.338. The fourth-order valence-electron chi connectivity index (χ4n) is 2.74. The molecular formula is C15H28N4O. The summed E-state index contributed by atoms with van der Waals surface area (Å²) in [5.74, 6) is 1.95. The first-order chi connectivity index (χ1) is 9.72. The Morgan fingerprint density at radius 2 is 2.10 bits per heavy atom. The van der Waals surface area contributed by atoms with Crippen LogP contribution in [0.2, 0.25) is 0 Å². The second kappa shape index (κ2) is 7.50. The van der Waals surface area contributed by atoms with Gasteiger partial charge in [0.1, 0.15) is 0 Å². The number of hydrogen-bond acceptors (Lipinski definition) is 2. The van der Waals surface area contributed by atoms with Crippen molar-refractivity contribution in [1.82, 2.24) is 15.5 Å². The van der Waals surface area contributed by atoms with Gasteiger partial charge in [-0.1, -0.05) is 13.3 Å². The van der Waals surface area contributed by atoms with Gasteiger partial charge in [-0.25, -0.2) is 0 Å². The number of rotatable bonds is 5. The molecule has 1 unspecified atom stereocenters. The number of aliphatic imine (C=N–C) groups is 1. The number of nitrogens with one attached hydrogen (secondary N) is 2. The number of nitrogens with zero attached hydrogens (tertiary/aromatic N) is 2. The average molecular weight is 280 g/mol. The Bertz CT molecular complexity index is 352. The highest BCUT2D eigenvalue weighted by molar-refractivity contribution is 5.80. The maximum absolute atomic E-state index is 11.7. The van der Waals surface area contributed by atoms with Crippen molar-refractivity contribution in [3.8, 4) is 0 Å². The third-order valence-electron chi connectivity index (χ3n) is 4.26. The van der Waals surface area contributed by atoms with E-state index < -0.39 is 0 Å². The third-order valence-corrected chi connectivity index (χ3v) is 4.26. The molecule has 1 aliphatic carbocycles. The maximum atomic E-state index is 11.7. The molecule has 1 heterocycles. The highest BCUT2D eigenvalue weighted by atomic mass is 16.2. The fraction of sp³-hybridized carbons (Fsp3) is 0.867. The van der Waals surface area contributed by atoms with Crippen molar-refractivity contribution in [1.29, 1.82) is 0 Å². The standard InChI is InChI=1S/C15H28N4O/c1-3-14(20)19-9-8-13(11-19)18-15(16-4-2)17-10-12-6-5-7-12/h12-13H,3-11H2,1-2H3,(H2,16,17,18). The van der Waals surface area contributed by atoms with E-state index in [1.54, 1.807) is 0 Å². The van der Waals surface area contributed by atoms with Gasteiger partial charge in [0.15, 0.2) is 5.96 Å². The zero-order valence-electron chi connectivity index (χ0n) is 12.8. The molecule has 0 aromatic rings. The van der Waals surface area contributed by atoms with Gasteiger partial charge in [-0.3, -0.25) is 9.79 Å². The fourth-order valence-corrected chi connectivity index (χ4v) is 2.74. The summed E-state index contributed by atoms with van der Waals surface area (Å²) in [6.07, 6.45) is 5.62. The predicted octanol–water partition coefficient (Wildman–Crippen LogP) is 1.35. The molecule has 1 atom stereocenters. The van der Waals surface area contributed by atoms with Crippen molar-refractivity contribution in [2.75, 3.05) is 26.2 Å². The molecular weight excluding hydrogens is 252 g/mol. The monoisotopic (exact) mass is 280 g/mol. The Labute approximate surface area is 122 Å². The number of amides is 1. The summed E-state index contributed by atoms with van der Waals surface area (Å²) >= 11 is 0. The van der Waals surface area contributed by atoms with E-state index in [0.29, 0.717) is 12.5 Å². The first-order valence-electron chi connectivity index (χ1n) is 8.05. The Morgan fingerprint density at radius 1 is 1.30 bits per heavy atom. The van der Waals surface area contributed by atoms with Crippen molar-refractivity contribution < 1.29 is 4.79 Å². The topological polar surface area (TPSA) is 56.7 Å². The van der Waals surface area contributed by atoms with Gasteiger partial charge in [-0.15, -0.1) is 0 Å². The van der Waals surface area contributed by atoms with Crippen LogP contribution in [-0.4, -0.2) is 49.0 Å². The maximum Gasteiger partial charge on any atom is 0.222 e. The van der Waals surface area contributed by atoms with Crippen LogP contribution < -0.4 is 10.6 Å². The van der Waals surface area contributed by atoms with Gasteiger partial charge in [0.05, 0.1) is 0 Å². The predicted molar refractivity (Wildman–Crippen MR) is 81.7 cm³/mol. The van der Waals surface area contributed by atoms with Crippen LogP contribution in [0.1, 0.15) is 46.0 Å². The molecule has 0 radical (unpaired) electrons. The molecule has 114 valence electrons. The molecule has 2 rings (SSSR count). The van der Waals surface area contributed by atoms with Crippen LogP contribution in [0.5, 0.6) is 0 Å². The van der Waals surface area contributed by atoms with Crippen LogP contribution in [-0.2, 0) is 4.79 Å². The SMILES string of the molecule is CCNC(=NCC1CCC1)NC1CCN(C(=O)CC)C1. The lowest BCUT2D eigenvalue weighted by Gasteiger charge is -2.24. The van der Waals surface area contributed by atoms with Gasteiger partial charge in [-0.05, 0) is 32.1 Å². The van der Waals surface area contributed by atoms with Crippen LogP contribution in [0.4, 0.5) is 0 Å². The summed E-state index contributed by atoms with van der Waals surface area (Å²) in [7, 11) is 0. The lowest BCUT2D eigenvalue weighted by molar-refractivity contribution is -0.129. The molecule has 20 heavy (non-hydrogen) atoms. The molecule has 1 amide bonds. The number of carbonyl (C=O) groups is 1. The van der Waals surface area contributed by atoms with Crippen molar-refractivity contribution >= 4 is 11.9 Å². The Balaban J connectivity index is 1.80. The number of carbonyl (C=O) groups excluding carboxylic acids is 1. The molecule has 1 aliphatic heterocycles. The van der Waals surface area contributed by atoms with E-state index in [1.807, 2.05) is 11.8 Å². The molecule has 2 N–H and O–H groups in total.